The van der Waals surface area contributed by atoms with Gasteiger partial charge in [0, 0.05) is 18.5 Å². The molecule has 2 fully saturated rings. The number of nitrogens with one attached hydrogen (secondary N) is 1. The summed E-state index contributed by atoms with van der Waals surface area (Å²) in [5, 5.41) is 3.13. The lowest BCUT2D eigenvalue weighted by atomic mass is 9.84. The van der Waals surface area contributed by atoms with Gasteiger partial charge < -0.3 is 5.32 Å². The summed E-state index contributed by atoms with van der Waals surface area (Å²) >= 11 is 0. The van der Waals surface area contributed by atoms with E-state index in [1.807, 2.05) is 0 Å². The molecule has 0 bridgehead atoms. The predicted molar refractivity (Wildman–Crippen MR) is 38.7 cm³/mol. The molecule has 1 aliphatic heterocycles. The van der Waals surface area contributed by atoms with Gasteiger partial charge in [0.25, 0.3) is 0 Å². The van der Waals surface area contributed by atoms with Gasteiger partial charge in [-0.05, 0) is 12.8 Å². The summed E-state index contributed by atoms with van der Waals surface area (Å²) in [6, 6.07) is 0. The number of alkyl halides is 1. The fourth-order valence-corrected chi connectivity index (χ4v) is 2.34. The van der Waals surface area contributed by atoms with E-state index in [0.717, 1.165) is 19.4 Å². The van der Waals surface area contributed by atoms with Crippen molar-refractivity contribution in [2.75, 3.05) is 13.1 Å². The molecule has 1 atom stereocenters. The van der Waals surface area contributed by atoms with E-state index in [1.165, 1.54) is 12.8 Å². The molecular weight excluding hydrogens is 129 g/mol. The largest absolute Gasteiger partial charge is 0.313 e. The van der Waals surface area contributed by atoms with Gasteiger partial charge in [-0.3, -0.25) is 0 Å². The number of hydrogen-bond donors (Lipinski definition) is 1. The minimum absolute atomic E-state index is 0.0694. The molecule has 1 heterocycles. The minimum atomic E-state index is -0.560. The van der Waals surface area contributed by atoms with Gasteiger partial charge in [-0.2, -0.15) is 0 Å². The smallest absolute Gasteiger partial charge is 0.119 e. The summed E-state index contributed by atoms with van der Waals surface area (Å²) in [6.07, 6.45) is 4.14. The van der Waals surface area contributed by atoms with Crippen LogP contribution in [0.4, 0.5) is 4.39 Å². The first kappa shape index (κ1) is 6.59. The van der Waals surface area contributed by atoms with Gasteiger partial charge in [-0.15, -0.1) is 0 Å². The Kier molecular flexibility index (Phi) is 1.44. The topological polar surface area (TPSA) is 12.0 Å². The van der Waals surface area contributed by atoms with Crippen molar-refractivity contribution in [2.24, 2.45) is 5.41 Å². The van der Waals surface area contributed by atoms with Gasteiger partial charge in [-0.1, -0.05) is 12.8 Å². The highest BCUT2D eigenvalue weighted by Gasteiger charge is 2.44. The number of halogens is 1. The fraction of sp³-hybridized carbons (Fsp3) is 1.00. The van der Waals surface area contributed by atoms with Crippen LogP contribution in [-0.2, 0) is 0 Å². The standard InChI is InChI=1S/C8H14FN/c9-7-5-10-6-8(7)3-1-2-4-8/h7,10H,1-6H2. The molecule has 1 unspecified atom stereocenters. The first-order chi connectivity index (χ1) is 4.83. The maximum Gasteiger partial charge on any atom is 0.119 e. The molecule has 1 saturated carbocycles. The van der Waals surface area contributed by atoms with E-state index in [2.05, 4.69) is 5.32 Å². The summed E-state index contributed by atoms with van der Waals surface area (Å²) in [5.41, 5.74) is 0.0694. The van der Waals surface area contributed by atoms with Crippen LogP contribution in [0.15, 0.2) is 0 Å². The number of rotatable bonds is 0. The Morgan fingerprint density at radius 3 is 2.50 bits per heavy atom. The molecule has 1 saturated heterocycles. The van der Waals surface area contributed by atoms with Gasteiger partial charge in [0.1, 0.15) is 6.17 Å². The Bertz CT molecular complexity index is 124. The molecule has 0 radical (unpaired) electrons. The maximum atomic E-state index is 13.2. The average molecular weight is 143 g/mol. The van der Waals surface area contributed by atoms with Crippen molar-refractivity contribution in [3.63, 3.8) is 0 Å². The van der Waals surface area contributed by atoms with Crippen LogP contribution in [0.1, 0.15) is 25.7 Å². The Hall–Kier alpha value is -0.110. The van der Waals surface area contributed by atoms with Gasteiger partial charge in [0.15, 0.2) is 0 Å². The second-order valence-electron chi connectivity index (χ2n) is 3.67. The zero-order valence-corrected chi connectivity index (χ0v) is 6.20. The third-order valence-electron chi connectivity index (χ3n) is 3.06. The summed E-state index contributed by atoms with van der Waals surface area (Å²) in [5.74, 6) is 0. The van der Waals surface area contributed by atoms with Crippen LogP contribution in [-0.4, -0.2) is 19.3 Å². The quantitative estimate of drug-likeness (QED) is 0.541. The van der Waals surface area contributed by atoms with Crippen molar-refractivity contribution in [1.29, 1.82) is 0 Å². The fourth-order valence-electron chi connectivity index (χ4n) is 2.34. The average Bonchev–Trinajstić information content (AvgIpc) is 2.48. The van der Waals surface area contributed by atoms with Crippen LogP contribution in [0.5, 0.6) is 0 Å². The lowest BCUT2D eigenvalue weighted by Crippen LogP contribution is -2.27. The van der Waals surface area contributed by atoms with E-state index in [0.29, 0.717) is 6.54 Å². The first-order valence-electron chi connectivity index (χ1n) is 4.18. The van der Waals surface area contributed by atoms with Crippen LogP contribution < -0.4 is 5.32 Å². The molecule has 2 heteroatoms. The van der Waals surface area contributed by atoms with Crippen LogP contribution in [0.2, 0.25) is 0 Å². The molecule has 0 aromatic carbocycles. The molecule has 0 aromatic heterocycles. The lowest BCUT2D eigenvalue weighted by molar-refractivity contribution is 0.168. The molecule has 0 aromatic rings. The second kappa shape index (κ2) is 2.19. The zero-order chi connectivity index (χ0) is 7.03. The van der Waals surface area contributed by atoms with E-state index < -0.39 is 6.17 Å². The molecule has 1 N–H and O–H groups in total. The molecule has 2 rings (SSSR count). The van der Waals surface area contributed by atoms with Crippen LogP contribution in [0.3, 0.4) is 0 Å². The Morgan fingerprint density at radius 2 is 2.00 bits per heavy atom. The normalized spacial score (nSPS) is 37.5. The van der Waals surface area contributed by atoms with Crippen molar-refractivity contribution in [3.8, 4) is 0 Å². The van der Waals surface area contributed by atoms with Crippen molar-refractivity contribution in [2.45, 2.75) is 31.9 Å². The van der Waals surface area contributed by atoms with E-state index in [4.69, 9.17) is 0 Å². The van der Waals surface area contributed by atoms with Gasteiger partial charge in [-0.25, -0.2) is 4.39 Å². The molecule has 58 valence electrons. The molecule has 2 aliphatic rings. The van der Waals surface area contributed by atoms with Crippen molar-refractivity contribution in [3.05, 3.63) is 0 Å². The van der Waals surface area contributed by atoms with Crippen molar-refractivity contribution >= 4 is 0 Å². The molecule has 1 spiro atoms. The molecular formula is C8H14FN. The Morgan fingerprint density at radius 1 is 1.30 bits per heavy atom. The minimum Gasteiger partial charge on any atom is -0.313 e. The number of hydrogen-bond acceptors (Lipinski definition) is 1. The third kappa shape index (κ3) is 0.782. The molecule has 1 aliphatic carbocycles. The highest BCUT2D eigenvalue weighted by molar-refractivity contribution is 4.98. The lowest BCUT2D eigenvalue weighted by Gasteiger charge is -2.23. The highest BCUT2D eigenvalue weighted by Crippen LogP contribution is 2.44. The highest BCUT2D eigenvalue weighted by atomic mass is 19.1. The van der Waals surface area contributed by atoms with Gasteiger partial charge >= 0.3 is 0 Å². The summed E-state index contributed by atoms with van der Waals surface area (Å²) in [4.78, 5) is 0. The van der Waals surface area contributed by atoms with E-state index in [1.54, 1.807) is 0 Å². The second-order valence-corrected chi connectivity index (χ2v) is 3.67. The zero-order valence-electron chi connectivity index (χ0n) is 6.20. The first-order valence-corrected chi connectivity index (χ1v) is 4.18. The third-order valence-corrected chi connectivity index (χ3v) is 3.06. The van der Waals surface area contributed by atoms with Crippen LogP contribution >= 0.6 is 0 Å². The molecule has 10 heavy (non-hydrogen) atoms. The SMILES string of the molecule is FC1CNCC12CCCC2. The Labute approximate surface area is 61.0 Å². The van der Waals surface area contributed by atoms with Crippen LogP contribution in [0, 0.1) is 5.41 Å². The van der Waals surface area contributed by atoms with Crippen molar-refractivity contribution in [1.82, 2.24) is 5.32 Å². The summed E-state index contributed by atoms with van der Waals surface area (Å²) in [6.45, 7) is 1.52. The molecule has 0 amide bonds. The predicted octanol–water partition coefficient (Wildman–Crippen LogP) is 1.49. The van der Waals surface area contributed by atoms with Crippen LogP contribution in [0.25, 0.3) is 0 Å². The Balaban J connectivity index is 2.11. The van der Waals surface area contributed by atoms with Gasteiger partial charge in [0.05, 0.1) is 0 Å². The van der Waals surface area contributed by atoms with E-state index in [9.17, 15) is 4.39 Å². The monoisotopic (exact) mass is 143 g/mol. The van der Waals surface area contributed by atoms with E-state index in [-0.39, 0.29) is 5.41 Å². The summed E-state index contributed by atoms with van der Waals surface area (Å²) in [7, 11) is 0. The van der Waals surface area contributed by atoms with Gasteiger partial charge in [0.2, 0.25) is 0 Å². The van der Waals surface area contributed by atoms with Crippen molar-refractivity contribution < 1.29 is 4.39 Å². The summed E-state index contributed by atoms with van der Waals surface area (Å²) < 4.78 is 13.2. The maximum absolute atomic E-state index is 13.2. The molecule has 1 nitrogen and oxygen atoms in total. The van der Waals surface area contributed by atoms with E-state index >= 15 is 0 Å².